The zero-order chi connectivity index (χ0) is 30.5. The number of carbonyl (C=O) groups is 2. The monoisotopic (exact) mass is 572 g/mol. The molecule has 0 saturated heterocycles. The molecule has 9 atom stereocenters. The predicted octanol–water partition coefficient (Wildman–Crippen LogP) is 9.21. The van der Waals surface area contributed by atoms with Gasteiger partial charge in [-0.3, -0.25) is 4.79 Å². The third kappa shape index (κ3) is 3.71. The summed E-state index contributed by atoms with van der Waals surface area (Å²) in [6.07, 6.45) is 12.0. The van der Waals surface area contributed by atoms with Gasteiger partial charge in [-0.1, -0.05) is 65.0 Å². The molecule has 9 unspecified atom stereocenters. The molecule has 0 aliphatic heterocycles. The first kappa shape index (κ1) is 29.7. The first-order chi connectivity index (χ1) is 19.7. The topological polar surface area (TPSA) is 63.6 Å². The number of esters is 1. The summed E-state index contributed by atoms with van der Waals surface area (Å²) in [4.78, 5) is 25.0. The van der Waals surface area contributed by atoms with Crippen LogP contribution in [0.1, 0.15) is 115 Å². The summed E-state index contributed by atoms with van der Waals surface area (Å²) in [7, 11) is 1.43. The Bertz CT molecular complexity index is 1340. The van der Waals surface area contributed by atoms with Crippen LogP contribution in [0.3, 0.4) is 0 Å². The van der Waals surface area contributed by atoms with Crippen LogP contribution in [0, 0.1) is 56.7 Å². The number of aliphatic carboxylic acids is 1. The van der Waals surface area contributed by atoms with E-state index in [0.717, 1.165) is 38.5 Å². The number of rotatable bonds is 4. The number of allylic oxidation sites excluding steroid dienone is 3. The van der Waals surface area contributed by atoms with E-state index in [2.05, 4.69) is 66.3 Å². The third-order valence-corrected chi connectivity index (χ3v) is 14.7. The van der Waals surface area contributed by atoms with Gasteiger partial charge in [-0.2, -0.15) is 0 Å². The minimum absolute atomic E-state index is 0.0143. The van der Waals surface area contributed by atoms with Crippen LogP contribution < -0.4 is 0 Å². The summed E-state index contributed by atoms with van der Waals surface area (Å²) in [6, 6.07) is 7.98. The second-order valence-electron chi connectivity index (χ2n) is 16.3. The number of carbonyl (C=O) groups excluding carboxylic acids is 1. The van der Waals surface area contributed by atoms with Crippen LogP contribution in [-0.2, 0) is 9.53 Å². The van der Waals surface area contributed by atoms with Gasteiger partial charge in [-0.05, 0) is 139 Å². The molecule has 1 aromatic carbocycles. The zero-order valence-corrected chi connectivity index (χ0v) is 27.0. The molecule has 0 spiro atoms. The van der Waals surface area contributed by atoms with Gasteiger partial charge < -0.3 is 9.84 Å². The van der Waals surface area contributed by atoms with Crippen molar-refractivity contribution in [3.8, 4) is 0 Å². The molecule has 0 radical (unpaired) electrons. The average Bonchev–Trinajstić information content (AvgIpc) is 3.34. The molecule has 6 rings (SSSR count). The van der Waals surface area contributed by atoms with E-state index in [1.54, 1.807) is 0 Å². The van der Waals surface area contributed by atoms with Gasteiger partial charge in [0.15, 0.2) is 0 Å². The number of benzene rings is 1. The Balaban J connectivity index is 1.36. The maximum absolute atomic E-state index is 12.9. The first-order valence-corrected chi connectivity index (χ1v) is 16.5. The number of hydrogen-bond donors (Lipinski definition) is 1. The van der Waals surface area contributed by atoms with Crippen LogP contribution in [0.4, 0.5) is 0 Å². The maximum atomic E-state index is 12.9. The second-order valence-corrected chi connectivity index (χ2v) is 16.3. The number of fused-ring (bicyclic) bond motifs is 7. The van der Waals surface area contributed by atoms with E-state index in [9.17, 15) is 14.7 Å². The number of carboxylic acid groups (broad SMARTS) is 1. The fourth-order valence-corrected chi connectivity index (χ4v) is 12.5. The number of carboxylic acids is 1. The van der Waals surface area contributed by atoms with Crippen LogP contribution >= 0.6 is 0 Å². The van der Waals surface area contributed by atoms with E-state index in [1.807, 2.05) is 12.1 Å². The van der Waals surface area contributed by atoms with Crippen molar-refractivity contribution in [2.45, 2.75) is 99.3 Å². The lowest BCUT2D eigenvalue weighted by atomic mass is 9.32. The molecule has 0 amide bonds. The number of hydrogen-bond acceptors (Lipinski definition) is 3. The largest absolute Gasteiger partial charge is 0.481 e. The van der Waals surface area contributed by atoms with Gasteiger partial charge in [-0.15, -0.1) is 0 Å². The summed E-state index contributed by atoms with van der Waals surface area (Å²) in [5, 5.41) is 10.6. The van der Waals surface area contributed by atoms with E-state index in [1.165, 1.54) is 43.1 Å². The van der Waals surface area contributed by atoms with Crippen molar-refractivity contribution in [1.82, 2.24) is 0 Å². The second kappa shape index (κ2) is 9.57. The van der Waals surface area contributed by atoms with Gasteiger partial charge >= 0.3 is 11.9 Å². The van der Waals surface area contributed by atoms with Crippen LogP contribution in [0.2, 0.25) is 0 Å². The summed E-state index contributed by atoms with van der Waals surface area (Å²) in [5.41, 5.74) is 4.39. The minimum atomic E-state index is -0.564. The Hall–Kier alpha value is -2.36. The van der Waals surface area contributed by atoms with Crippen molar-refractivity contribution in [2.75, 3.05) is 7.11 Å². The molecule has 0 bridgehead atoms. The molecule has 4 heteroatoms. The van der Waals surface area contributed by atoms with Gasteiger partial charge in [0.25, 0.3) is 0 Å². The normalized spacial score (nSPS) is 43.6. The van der Waals surface area contributed by atoms with Crippen molar-refractivity contribution in [1.29, 1.82) is 0 Å². The Morgan fingerprint density at radius 2 is 1.57 bits per heavy atom. The summed E-state index contributed by atoms with van der Waals surface area (Å²) >= 11 is 0. The van der Waals surface area contributed by atoms with Gasteiger partial charge in [0.2, 0.25) is 0 Å². The van der Waals surface area contributed by atoms with Crippen molar-refractivity contribution in [3.05, 3.63) is 53.6 Å². The lowest BCUT2D eigenvalue weighted by molar-refractivity contribution is -0.227. The molecular formula is C38H52O4. The Labute approximate surface area is 253 Å². The third-order valence-electron chi connectivity index (χ3n) is 14.7. The maximum Gasteiger partial charge on any atom is 0.337 e. The van der Waals surface area contributed by atoms with E-state index in [0.29, 0.717) is 29.2 Å². The molecular weight excluding hydrogens is 520 g/mol. The quantitative estimate of drug-likeness (QED) is 0.289. The van der Waals surface area contributed by atoms with Crippen molar-refractivity contribution in [3.63, 3.8) is 0 Å². The molecule has 5 aliphatic rings. The summed E-state index contributed by atoms with van der Waals surface area (Å²) in [5.74, 6) is 1.35. The Morgan fingerprint density at radius 3 is 2.19 bits per heavy atom. The van der Waals surface area contributed by atoms with Gasteiger partial charge in [0.05, 0.1) is 18.1 Å². The van der Waals surface area contributed by atoms with Gasteiger partial charge in [0.1, 0.15) is 0 Å². The summed E-state index contributed by atoms with van der Waals surface area (Å²) < 4.78 is 4.92. The molecule has 228 valence electrons. The standard InChI is InChI=1S/C38H52O4/c1-23(2)26-15-20-38(33(40)41)22-21-36(6)28(31(26)38)13-14-30-35(5)18-16-27(24-9-11-25(12-10-24)32(39)42-8)34(3,4)29(35)17-19-37(30,36)7/h9-12,16,26,28-31H,1,13-15,17-22H2,2-8H3,(H,40,41). The number of ether oxygens (including phenoxy) is 1. The van der Waals surface area contributed by atoms with Crippen LogP contribution in [0.25, 0.3) is 5.57 Å². The fourth-order valence-electron chi connectivity index (χ4n) is 12.5. The molecule has 1 aromatic rings. The fraction of sp³-hybridized carbons (Fsp3) is 0.684. The molecule has 0 aromatic heterocycles. The van der Waals surface area contributed by atoms with E-state index < -0.39 is 11.4 Å². The molecule has 4 saturated carbocycles. The van der Waals surface area contributed by atoms with Crippen LogP contribution in [0.5, 0.6) is 0 Å². The lowest BCUT2D eigenvalue weighted by Crippen LogP contribution is -2.65. The van der Waals surface area contributed by atoms with Gasteiger partial charge in [0, 0.05) is 0 Å². The average molecular weight is 573 g/mol. The highest BCUT2D eigenvalue weighted by Crippen LogP contribution is 2.77. The van der Waals surface area contributed by atoms with Crippen LogP contribution in [-0.4, -0.2) is 24.2 Å². The SMILES string of the molecule is C=C(C)C1CCC2(C(=O)O)CCC3(C)C(CCC4C5(C)CC=C(c6ccc(C(=O)OC)cc6)C(C)(C)C5CCC43C)C12. The first-order valence-electron chi connectivity index (χ1n) is 16.5. The minimum Gasteiger partial charge on any atom is -0.481 e. The van der Waals surface area contributed by atoms with Gasteiger partial charge in [-0.25, -0.2) is 4.79 Å². The number of methoxy groups -OCH3 is 1. The highest BCUT2D eigenvalue weighted by molar-refractivity contribution is 5.90. The molecule has 4 fully saturated rings. The lowest BCUT2D eigenvalue weighted by Gasteiger charge is -2.72. The zero-order valence-electron chi connectivity index (χ0n) is 27.0. The van der Waals surface area contributed by atoms with Crippen LogP contribution in [0.15, 0.2) is 42.5 Å². The summed E-state index contributed by atoms with van der Waals surface area (Å²) in [6.45, 7) is 19.2. The smallest absolute Gasteiger partial charge is 0.337 e. The van der Waals surface area contributed by atoms with E-state index in [4.69, 9.17) is 4.74 Å². The molecule has 4 nitrogen and oxygen atoms in total. The van der Waals surface area contributed by atoms with E-state index >= 15 is 0 Å². The van der Waals surface area contributed by atoms with Crippen molar-refractivity contribution in [2.24, 2.45) is 56.7 Å². The highest BCUT2D eigenvalue weighted by Gasteiger charge is 2.71. The van der Waals surface area contributed by atoms with Crippen molar-refractivity contribution < 1.29 is 19.4 Å². The molecule has 42 heavy (non-hydrogen) atoms. The Morgan fingerprint density at radius 1 is 0.881 bits per heavy atom. The van der Waals surface area contributed by atoms with Crippen molar-refractivity contribution >= 4 is 17.5 Å². The Kier molecular flexibility index (Phi) is 6.77. The molecule has 0 heterocycles. The molecule has 5 aliphatic carbocycles. The van der Waals surface area contributed by atoms with E-state index in [-0.39, 0.29) is 33.5 Å². The highest BCUT2D eigenvalue weighted by atomic mass is 16.5. The molecule has 1 N–H and O–H groups in total. The predicted molar refractivity (Wildman–Crippen MR) is 168 cm³/mol.